The average molecular weight is 369 g/mol. The normalized spacial score (nSPS) is 12.3. The Balaban J connectivity index is 3.18. The van der Waals surface area contributed by atoms with Crippen LogP contribution in [0, 0.1) is 0 Å². The molecule has 0 spiro atoms. The third kappa shape index (κ3) is 20.0. The second kappa shape index (κ2) is 19.4. The van der Waals surface area contributed by atoms with Crippen LogP contribution in [0.5, 0.6) is 0 Å². The lowest BCUT2D eigenvalue weighted by molar-refractivity contribution is -0.909. The Kier molecular flexibility index (Phi) is 19.2. The van der Waals surface area contributed by atoms with Crippen LogP contribution in [0.1, 0.15) is 110 Å². The maximum absolute atomic E-state index is 5.83. The van der Waals surface area contributed by atoms with Gasteiger partial charge in [0.2, 0.25) is 0 Å². The van der Waals surface area contributed by atoms with E-state index in [1.54, 1.807) is 0 Å². The summed E-state index contributed by atoms with van der Waals surface area (Å²) >= 11 is 0. The van der Waals surface area contributed by atoms with Gasteiger partial charge in [-0.1, -0.05) is 83.8 Å². The zero-order chi connectivity index (χ0) is 19.3. The van der Waals surface area contributed by atoms with Crippen LogP contribution in [0.2, 0.25) is 0 Å². The van der Waals surface area contributed by atoms with Gasteiger partial charge in [-0.2, -0.15) is 0 Å². The highest BCUT2D eigenvalue weighted by Crippen LogP contribution is 2.10. The summed E-state index contributed by atoms with van der Waals surface area (Å²) in [5.41, 5.74) is 0. The van der Waals surface area contributed by atoms with E-state index in [1.165, 1.54) is 103 Å². The summed E-state index contributed by atoms with van der Waals surface area (Å²) in [5, 5.41) is 0. The van der Waals surface area contributed by atoms with Crippen molar-refractivity contribution in [2.75, 3.05) is 34.0 Å². The number of nitrogens with zero attached hydrogens (tertiary/aromatic N) is 1. The highest BCUT2D eigenvalue weighted by atomic mass is 16.5. The van der Waals surface area contributed by atoms with Crippen molar-refractivity contribution in [1.82, 2.24) is 0 Å². The summed E-state index contributed by atoms with van der Waals surface area (Å²) in [7, 11) is 4.51. The summed E-state index contributed by atoms with van der Waals surface area (Å²) in [5.74, 6) is 0. The molecule has 2 heteroatoms. The molecule has 0 aliphatic rings. The van der Waals surface area contributed by atoms with Gasteiger partial charge >= 0.3 is 0 Å². The van der Waals surface area contributed by atoms with Crippen LogP contribution in [0.4, 0.5) is 0 Å². The Bertz CT molecular complexity index is 299. The Hall–Kier alpha value is -0.340. The van der Waals surface area contributed by atoms with Crippen molar-refractivity contribution in [1.29, 1.82) is 0 Å². The van der Waals surface area contributed by atoms with Gasteiger partial charge in [0, 0.05) is 0 Å². The van der Waals surface area contributed by atoms with E-state index in [0.717, 1.165) is 17.8 Å². The smallest absolute Gasteiger partial charge is 0.182 e. The van der Waals surface area contributed by atoms with Crippen molar-refractivity contribution >= 4 is 0 Å². The predicted molar refractivity (Wildman–Crippen MR) is 118 cm³/mol. The van der Waals surface area contributed by atoms with Crippen LogP contribution in [0.25, 0.3) is 0 Å². The number of ether oxygens (including phenoxy) is 1. The van der Waals surface area contributed by atoms with Crippen LogP contribution >= 0.6 is 0 Å². The average Bonchev–Trinajstić information content (AvgIpc) is 2.60. The molecule has 0 rings (SSSR count). The molecule has 0 saturated carbocycles. The molecule has 0 atom stereocenters. The fourth-order valence-electron chi connectivity index (χ4n) is 3.43. The van der Waals surface area contributed by atoms with E-state index in [4.69, 9.17) is 4.74 Å². The quantitative estimate of drug-likeness (QED) is 0.0936. The van der Waals surface area contributed by atoms with Gasteiger partial charge in [-0.05, 0) is 38.5 Å². The first-order valence-electron chi connectivity index (χ1n) is 11.7. The van der Waals surface area contributed by atoms with Crippen LogP contribution in [0.3, 0.4) is 0 Å². The number of hydrogen-bond acceptors (Lipinski definition) is 1. The van der Waals surface area contributed by atoms with E-state index in [9.17, 15) is 0 Å². The lowest BCUT2D eigenvalue weighted by Gasteiger charge is -2.28. The molecule has 0 fully saturated rings. The monoisotopic (exact) mass is 368 g/mol. The highest BCUT2D eigenvalue weighted by Gasteiger charge is 2.12. The van der Waals surface area contributed by atoms with Crippen LogP contribution in [0.15, 0.2) is 12.2 Å². The molecule has 0 radical (unpaired) electrons. The van der Waals surface area contributed by atoms with Gasteiger partial charge in [0.05, 0.1) is 27.2 Å². The predicted octanol–water partition coefficient (Wildman–Crippen LogP) is 7.48. The Morgan fingerprint density at radius 1 is 0.615 bits per heavy atom. The zero-order valence-electron chi connectivity index (χ0n) is 18.7. The number of rotatable bonds is 20. The van der Waals surface area contributed by atoms with Crippen LogP contribution < -0.4 is 0 Å². The molecule has 0 aliphatic carbocycles. The topological polar surface area (TPSA) is 9.23 Å². The second-order valence-corrected chi connectivity index (χ2v) is 8.63. The molecule has 0 aliphatic heterocycles. The van der Waals surface area contributed by atoms with Crippen LogP contribution in [-0.4, -0.2) is 38.5 Å². The minimum Gasteiger partial charge on any atom is -0.332 e. The number of quaternary nitrogens is 1. The van der Waals surface area contributed by atoms with Gasteiger partial charge in [0.1, 0.15) is 0 Å². The van der Waals surface area contributed by atoms with Crippen molar-refractivity contribution in [3.05, 3.63) is 12.2 Å². The van der Waals surface area contributed by atoms with E-state index in [1.807, 2.05) is 0 Å². The Morgan fingerprint density at radius 3 is 1.65 bits per heavy atom. The number of allylic oxidation sites excluding steroid dienone is 2. The third-order valence-corrected chi connectivity index (χ3v) is 5.07. The minimum absolute atomic E-state index is 0.860. The standard InChI is InChI=1S/C24H50NO/c1-5-7-8-9-10-11-12-13-14-15-16-17-18-19-20-21-23-26-24-25(3,4)22-6-2/h13-14H,5-12,15-24H2,1-4H3/q+1. The fraction of sp³-hybridized carbons (Fsp3) is 0.917. The molecule has 0 heterocycles. The van der Waals surface area contributed by atoms with Crippen molar-refractivity contribution in [3.8, 4) is 0 Å². The summed E-state index contributed by atoms with van der Waals surface area (Å²) in [6, 6.07) is 0. The number of hydrogen-bond donors (Lipinski definition) is 0. The SMILES string of the molecule is CCCCCCCCC=CCCCCCCCCOC[N+](C)(C)CCC. The van der Waals surface area contributed by atoms with Gasteiger partial charge in [-0.15, -0.1) is 0 Å². The molecule has 0 aromatic carbocycles. The second-order valence-electron chi connectivity index (χ2n) is 8.63. The van der Waals surface area contributed by atoms with Crippen molar-refractivity contribution in [2.45, 2.75) is 110 Å². The van der Waals surface area contributed by atoms with Gasteiger partial charge in [0.25, 0.3) is 0 Å². The maximum atomic E-state index is 5.83. The molecule has 0 aromatic heterocycles. The van der Waals surface area contributed by atoms with Crippen LogP contribution in [-0.2, 0) is 4.74 Å². The van der Waals surface area contributed by atoms with Gasteiger partial charge in [-0.3, -0.25) is 0 Å². The molecule has 0 bridgehead atoms. The maximum Gasteiger partial charge on any atom is 0.182 e. The molecule has 0 amide bonds. The van der Waals surface area contributed by atoms with Crippen molar-refractivity contribution in [3.63, 3.8) is 0 Å². The van der Waals surface area contributed by atoms with E-state index < -0.39 is 0 Å². The molecule has 26 heavy (non-hydrogen) atoms. The van der Waals surface area contributed by atoms with Gasteiger partial charge in [-0.25, -0.2) is 0 Å². The number of unbranched alkanes of at least 4 members (excludes halogenated alkanes) is 12. The van der Waals surface area contributed by atoms with E-state index in [0.29, 0.717) is 0 Å². The molecule has 0 N–H and O–H groups in total. The van der Waals surface area contributed by atoms with E-state index in [-0.39, 0.29) is 0 Å². The molecule has 156 valence electrons. The highest BCUT2D eigenvalue weighted by molar-refractivity contribution is 4.81. The first kappa shape index (κ1) is 25.7. The minimum atomic E-state index is 0.860. The Morgan fingerprint density at radius 2 is 1.12 bits per heavy atom. The molecule has 0 aromatic rings. The molecule has 2 nitrogen and oxygen atoms in total. The molecule has 0 saturated heterocycles. The first-order chi connectivity index (χ1) is 12.6. The lowest BCUT2D eigenvalue weighted by atomic mass is 10.1. The third-order valence-electron chi connectivity index (χ3n) is 5.07. The summed E-state index contributed by atoms with van der Waals surface area (Å²) in [4.78, 5) is 0. The summed E-state index contributed by atoms with van der Waals surface area (Å²) in [6.45, 7) is 7.52. The molecule has 0 unspecified atom stereocenters. The van der Waals surface area contributed by atoms with Crippen molar-refractivity contribution < 1.29 is 9.22 Å². The zero-order valence-corrected chi connectivity index (χ0v) is 18.7. The first-order valence-corrected chi connectivity index (χ1v) is 11.7. The molecular weight excluding hydrogens is 318 g/mol. The van der Waals surface area contributed by atoms with Crippen molar-refractivity contribution in [2.24, 2.45) is 0 Å². The Labute approximate surface area is 166 Å². The fourth-order valence-corrected chi connectivity index (χ4v) is 3.43. The lowest BCUT2D eigenvalue weighted by Crippen LogP contribution is -2.42. The van der Waals surface area contributed by atoms with Gasteiger partial charge < -0.3 is 9.22 Å². The largest absolute Gasteiger partial charge is 0.332 e. The molecular formula is C24H50NO+. The summed E-state index contributed by atoms with van der Waals surface area (Å²) < 4.78 is 6.82. The van der Waals surface area contributed by atoms with Gasteiger partial charge in [0.15, 0.2) is 6.73 Å². The van der Waals surface area contributed by atoms with E-state index in [2.05, 4.69) is 40.1 Å². The van der Waals surface area contributed by atoms with E-state index >= 15 is 0 Å². The summed E-state index contributed by atoms with van der Waals surface area (Å²) in [6.07, 6.45) is 25.1.